The number of methoxy groups -OCH3 is 1. The van der Waals surface area contributed by atoms with Crippen LogP contribution in [0.4, 0.5) is 8.78 Å². The van der Waals surface area contributed by atoms with Gasteiger partial charge in [0.2, 0.25) is 5.92 Å². The van der Waals surface area contributed by atoms with Gasteiger partial charge in [-0.15, -0.1) is 0 Å². The Morgan fingerprint density at radius 1 is 1.34 bits per heavy atom. The molecule has 2 aromatic heterocycles. The molecule has 0 atom stereocenters. The monoisotopic (exact) mass is 486 g/mol. The molecule has 8 nitrogen and oxygen atoms in total. The molecular weight excluding hydrogens is 454 g/mol. The fourth-order valence-corrected chi connectivity index (χ4v) is 3.39. The van der Waals surface area contributed by atoms with E-state index in [1.807, 2.05) is 31.2 Å². The van der Waals surface area contributed by atoms with Gasteiger partial charge in [0.1, 0.15) is 5.75 Å². The molecule has 0 bridgehead atoms. The first-order valence-corrected chi connectivity index (χ1v) is 11.2. The number of nitrogens with one attached hydrogen (secondary N) is 1. The van der Waals surface area contributed by atoms with Crippen LogP contribution in [0.2, 0.25) is 0 Å². The third-order valence-corrected chi connectivity index (χ3v) is 5.49. The van der Waals surface area contributed by atoms with E-state index in [1.165, 1.54) is 16.9 Å². The molecule has 0 radical (unpaired) electrons. The Hall–Kier alpha value is -3.82. The average molecular weight is 487 g/mol. The Morgan fingerprint density at radius 2 is 2.09 bits per heavy atom. The number of imidazole rings is 1. The van der Waals surface area contributed by atoms with Gasteiger partial charge in [0.15, 0.2) is 5.65 Å². The summed E-state index contributed by atoms with van der Waals surface area (Å²) < 4.78 is 33.6. The SMILES string of the molecule is CCN=C/C(NC(=O)c1ccnn2cc(-c3ccccc3OC)nc12)=C(\C)N(C)CCC(C)(F)F.[HH]. The van der Waals surface area contributed by atoms with Crippen molar-refractivity contribution in [2.75, 3.05) is 27.2 Å². The number of hydrogen-bond donors (Lipinski definition) is 1. The largest absolute Gasteiger partial charge is 0.496 e. The first kappa shape index (κ1) is 25.8. The molecular formula is C25H32F2N6O2. The molecule has 0 aliphatic rings. The lowest BCUT2D eigenvalue weighted by Crippen LogP contribution is -2.31. The maximum atomic E-state index is 13.3. The number of carbonyl (C=O) groups excluding carboxylic acids is 1. The van der Waals surface area contributed by atoms with Crippen LogP contribution >= 0.6 is 0 Å². The van der Waals surface area contributed by atoms with Crippen LogP contribution in [0.3, 0.4) is 0 Å². The summed E-state index contributed by atoms with van der Waals surface area (Å²) >= 11 is 0. The molecule has 0 saturated heterocycles. The maximum absolute atomic E-state index is 13.3. The zero-order chi connectivity index (χ0) is 25.6. The average Bonchev–Trinajstić information content (AvgIpc) is 3.28. The summed E-state index contributed by atoms with van der Waals surface area (Å²) in [6, 6.07) is 9.03. The van der Waals surface area contributed by atoms with Crippen LogP contribution in [0, 0.1) is 0 Å². The van der Waals surface area contributed by atoms with Crippen molar-refractivity contribution in [3.8, 4) is 17.0 Å². The molecule has 0 aliphatic heterocycles. The second kappa shape index (κ2) is 11.1. The predicted octanol–water partition coefficient (Wildman–Crippen LogP) is 4.68. The Kier molecular flexibility index (Phi) is 8.16. The van der Waals surface area contributed by atoms with Crippen LogP contribution in [0.1, 0.15) is 39.0 Å². The van der Waals surface area contributed by atoms with Crippen LogP contribution in [0.5, 0.6) is 5.75 Å². The molecule has 188 valence electrons. The van der Waals surface area contributed by atoms with Gasteiger partial charge in [-0.25, -0.2) is 18.3 Å². The van der Waals surface area contributed by atoms with Gasteiger partial charge in [-0.05, 0) is 39.0 Å². The number of aliphatic imine (C=N–C) groups is 1. The molecule has 0 spiro atoms. The summed E-state index contributed by atoms with van der Waals surface area (Å²) in [4.78, 5) is 23.8. The highest BCUT2D eigenvalue weighted by atomic mass is 19.3. The van der Waals surface area contributed by atoms with Gasteiger partial charge >= 0.3 is 0 Å². The number of hydrogen-bond acceptors (Lipinski definition) is 6. The van der Waals surface area contributed by atoms with E-state index in [2.05, 4.69) is 20.4 Å². The van der Waals surface area contributed by atoms with Gasteiger partial charge in [-0.3, -0.25) is 9.79 Å². The fourth-order valence-electron chi connectivity index (χ4n) is 3.39. The molecule has 1 amide bonds. The van der Waals surface area contributed by atoms with Crippen LogP contribution in [-0.4, -0.2) is 64.8 Å². The number of nitrogens with zero attached hydrogens (tertiary/aromatic N) is 5. The summed E-state index contributed by atoms with van der Waals surface area (Å²) in [6.45, 7) is 5.13. The smallest absolute Gasteiger partial charge is 0.259 e. The molecule has 10 heteroatoms. The van der Waals surface area contributed by atoms with Gasteiger partial charge < -0.3 is 15.0 Å². The van der Waals surface area contributed by atoms with E-state index in [9.17, 15) is 13.6 Å². The van der Waals surface area contributed by atoms with Crippen molar-refractivity contribution in [1.29, 1.82) is 0 Å². The lowest BCUT2D eigenvalue weighted by atomic mass is 10.1. The normalized spacial score (nSPS) is 12.7. The minimum absolute atomic E-state index is 0. The fraction of sp³-hybridized carbons (Fsp3) is 0.360. The lowest BCUT2D eigenvalue weighted by molar-refractivity contribution is 0.00735. The van der Waals surface area contributed by atoms with Gasteiger partial charge in [-0.2, -0.15) is 5.10 Å². The van der Waals surface area contributed by atoms with Crippen LogP contribution in [0.25, 0.3) is 16.9 Å². The molecule has 3 rings (SSSR count). The lowest BCUT2D eigenvalue weighted by Gasteiger charge is -2.24. The molecule has 0 aliphatic carbocycles. The molecule has 0 fully saturated rings. The number of para-hydroxylation sites is 1. The number of halogens is 2. The predicted molar refractivity (Wildman–Crippen MR) is 134 cm³/mol. The standard InChI is InChI=1S/C25H30F2N6O2.H2/c1-6-28-15-20(17(2)32(4)14-12-25(3,26)27)31-24(34)19-11-13-29-33-16-21(30-23(19)33)18-9-7-8-10-22(18)35-5;/h7-11,13,15-16H,6,12,14H2,1-5H3,(H,31,34);1H/b20-17-,28-15?;. The first-order valence-electron chi connectivity index (χ1n) is 11.2. The van der Waals surface area contributed by atoms with Gasteiger partial charge in [0.25, 0.3) is 5.91 Å². The van der Waals surface area contributed by atoms with Crippen molar-refractivity contribution >= 4 is 17.8 Å². The Balaban J connectivity index is 0.00000456. The molecule has 1 aromatic carbocycles. The summed E-state index contributed by atoms with van der Waals surface area (Å²) in [5.41, 5.74) is 3.09. The van der Waals surface area contributed by atoms with Crippen molar-refractivity contribution in [2.45, 2.75) is 33.1 Å². The number of rotatable bonds is 10. The van der Waals surface area contributed by atoms with Crippen molar-refractivity contribution in [3.05, 3.63) is 59.7 Å². The zero-order valence-corrected chi connectivity index (χ0v) is 20.5. The summed E-state index contributed by atoms with van der Waals surface area (Å²) in [5, 5.41) is 7.15. The van der Waals surface area contributed by atoms with Gasteiger partial charge in [-0.1, -0.05) is 12.1 Å². The molecule has 1 N–H and O–H groups in total. The number of fused-ring (bicyclic) bond motifs is 1. The molecule has 2 heterocycles. The Labute approximate surface area is 204 Å². The number of benzene rings is 1. The van der Waals surface area contributed by atoms with E-state index >= 15 is 0 Å². The van der Waals surface area contributed by atoms with Crippen molar-refractivity contribution in [3.63, 3.8) is 0 Å². The topological polar surface area (TPSA) is 84.1 Å². The second-order valence-corrected chi connectivity index (χ2v) is 8.16. The van der Waals surface area contributed by atoms with Crippen LogP contribution in [-0.2, 0) is 0 Å². The van der Waals surface area contributed by atoms with E-state index < -0.39 is 11.8 Å². The third kappa shape index (κ3) is 6.40. The summed E-state index contributed by atoms with van der Waals surface area (Å²) in [5.74, 6) is -2.54. The van der Waals surface area contributed by atoms with E-state index in [0.717, 1.165) is 12.5 Å². The van der Waals surface area contributed by atoms with Crippen molar-refractivity contribution < 1.29 is 19.7 Å². The van der Waals surface area contributed by atoms with Crippen LogP contribution in [0.15, 0.2) is 59.1 Å². The number of ether oxygens (including phenoxy) is 1. The number of alkyl halides is 2. The Bertz CT molecular complexity index is 1250. The highest BCUT2D eigenvalue weighted by Crippen LogP contribution is 2.29. The first-order chi connectivity index (χ1) is 16.6. The molecule has 0 unspecified atom stereocenters. The minimum Gasteiger partial charge on any atom is -0.496 e. The second-order valence-electron chi connectivity index (χ2n) is 8.16. The highest BCUT2D eigenvalue weighted by molar-refractivity contribution is 6.03. The quantitative estimate of drug-likeness (QED) is 0.421. The molecule has 0 saturated carbocycles. The maximum Gasteiger partial charge on any atom is 0.259 e. The third-order valence-electron chi connectivity index (χ3n) is 5.49. The van der Waals surface area contributed by atoms with Crippen molar-refractivity contribution in [1.82, 2.24) is 24.8 Å². The highest BCUT2D eigenvalue weighted by Gasteiger charge is 2.22. The van der Waals surface area contributed by atoms with E-state index in [-0.39, 0.29) is 14.4 Å². The number of carbonyl (C=O) groups is 1. The summed E-state index contributed by atoms with van der Waals surface area (Å²) in [7, 11) is 3.28. The zero-order valence-electron chi connectivity index (χ0n) is 20.5. The van der Waals surface area contributed by atoms with Gasteiger partial charge in [0, 0.05) is 51.7 Å². The molecule has 35 heavy (non-hydrogen) atoms. The molecule has 3 aromatic rings. The Morgan fingerprint density at radius 3 is 2.77 bits per heavy atom. The number of aromatic nitrogens is 3. The van der Waals surface area contributed by atoms with E-state index in [1.54, 1.807) is 38.2 Å². The van der Waals surface area contributed by atoms with Crippen molar-refractivity contribution in [2.24, 2.45) is 4.99 Å². The number of allylic oxidation sites excluding steroid dienone is 2. The van der Waals surface area contributed by atoms with Gasteiger partial charge in [0.05, 0.1) is 30.3 Å². The minimum atomic E-state index is -2.78. The van der Waals surface area contributed by atoms with Crippen LogP contribution < -0.4 is 10.1 Å². The van der Waals surface area contributed by atoms with E-state index in [4.69, 9.17) is 4.74 Å². The van der Waals surface area contributed by atoms with E-state index in [0.29, 0.717) is 40.6 Å². The number of amides is 1. The summed E-state index contributed by atoms with van der Waals surface area (Å²) in [6.07, 6.45) is 4.47.